The lowest BCUT2D eigenvalue weighted by Crippen LogP contribution is -2.11. The van der Waals surface area contributed by atoms with Gasteiger partial charge in [0.05, 0.1) is 29.9 Å². The number of fused-ring (bicyclic) bond motifs is 2. The van der Waals surface area contributed by atoms with E-state index in [1.165, 1.54) is 10.9 Å². The molecule has 2 aromatic heterocycles. The summed E-state index contributed by atoms with van der Waals surface area (Å²) in [5.74, 6) is -0.319. The summed E-state index contributed by atoms with van der Waals surface area (Å²) in [4.78, 5) is 16.4. The lowest BCUT2D eigenvalue weighted by Gasteiger charge is -2.19. The molecule has 0 saturated heterocycles. The number of carbonyl (C=O) groups excluding carboxylic acids is 1. The Morgan fingerprint density at radius 1 is 1.16 bits per heavy atom. The molecule has 0 atom stereocenters. The third-order valence-electron chi connectivity index (χ3n) is 3.88. The first kappa shape index (κ1) is 18.7. The van der Waals surface area contributed by atoms with E-state index in [0.717, 1.165) is 23.4 Å². The summed E-state index contributed by atoms with van der Waals surface area (Å²) in [7, 11) is 0. The molecule has 0 aliphatic carbocycles. The van der Waals surface area contributed by atoms with Crippen LogP contribution in [0.5, 0.6) is 0 Å². The number of benzene rings is 1. The maximum Gasteiger partial charge on any atom is 0.339 e. The van der Waals surface area contributed by atoms with Crippen molar-refractivity contribution in [2.45, 2.75) is 41.2 Å². The molecule has 3 heterocycles. The predicted molar refractivity (Wildman–Crippen MR) is 103 cm³/mol. The van der Waals surface area contributed by atoms with Gasteiger partial charge in [-0.3, -0.25) is 4.98 Å². The highest BCUT2D eigenvalue weighted by Gasteiger charge is 2.20. The highest BCUT2D eigenvalue weighted by Crippen LogP contribution is 2.36. The number of para-hydroxylation sites is 1. The van der Waals surface area contributed by atoms with Crippen LogP contribution in [0.4, 0.5) is 0 Å². The van der Waals surface area contributed by atoms with Gasteiger partial charge in [0.1, 0.15) is 0 Å². The number of aromatic nitrogens is 2. The number of hydrogen-bond donors (Lipinski definition) is 0. The number of rotatable bonds is 2. The number of hydrogen-bond acceptors (Lipinski definition) is 3. The summed E-state index contributed by atoms with van der Waals surface area (Å²) < 4.78 is 7.26. The average molecular weight is 338 g/mol. The van der Waals surface area contributed by atoms with Gasteiger partial charge in [-0.05, 0) is 19.1 Å². The van der Waals surface area contributed by atoms with Gasteiger partial charge >= 0.3 is 5.97 Å². The second-order valence-corrected chi connectivity index (χ2v) is 5.13. The first-order valence-corrected chi connectivity index (χ1v) is 9.02. The standard InChI is InChI=1S/C17H14N2O2.2C2H6/c1-2-21-17(20)12-8-14-13-5-3-4-11-6-7-19(16(11)13)10-15(14)18-9-12;2*1-2/h3-9H,2,10H2,1H3;2*1-2H3. The van der Waals surface area contributed by atoms with E-state index in [0.29, 0.717) is 12.2 Å². The van der Waals surface area contributed by atoms with Crippen molar-refractivity contribution in [2.24, 2.45) is 0 Å². The minimum atomic E-state index is -0.319. The van der Waals surface area contributed by atoms with Crippen molar-refractivity contribution < 1.29 is 9.53 Å². The molecule has 1 aliphatic heterocycles. The van der Waals surface area contributed by atoms with Crippen molar-refractivity contribution in [3.8, 4) is 11.1 Å². The summed E-state index contributed by atoms with van der Waals surface area (Å²) in [5, 5.41) is 1.21. The van der Waals surface area contributed by atoms with E-state index in [2.05, 4.69) is 33.9 Å². The molecule has 0 N–H and O–H groups in total. The van der Waals surface area contributed by atoms with E-state index >= 15 is 0 Å². The Morgan fingerprint density at radius 2 is 1.92 bits per heavy atom. The van der Waals surface area contributed by atoms with Crippen LogP contribution in [-0.4, -0.2) is 22.1 Å². The van der Waals surface area contributed by atoms with E-state index in [1.807, 2.05) is 39.8 Å². The van der Waals surface area contributed by atoms with Gasteiger partial charge in [-0.15, -0.1) is 0 Å². The maximum absolute atomic E-state index is 11.9. The molecule has 4 nitrogen and oxygen atoms in total. The van der Waals surface area contributed by atoms with E-state index < -0.39 is 0 Å². The van der Waals surface area contributed by atoms with Crippen molar-refractivity contribution >= 4 is 16.9 Å². The van der Waals surface area contributed by atoms with Crippen LogP contribution in [0.3, 0.4) is 0 Å². The van der Waals surface area contributed by atoms with Crippen molar-refractivity contribution in [3.63, 3.8) is 0 Å². The van der Waals surface area contributed by atoms with Gasteiger partial charge in [0.2, 0.25) is 0 Å². The van der Waals surface area contributed by atoms with Crippen molar-refractivity contribution in [3.05, 3.63) is 54.0 Å². The maximum atomic E-state index is 11.9. The number of carbonyl (C=O) groups is 1. The molecule has 3 aromatic rings. The Bertz CT molecular complexity index is 865. The second-order valence-electron chi connectivity index (χ2n) is 5.13. The molecule has 1 aromatic carbocycles. The first-order chi connectivity index (χ1) is 12.3. The van der Waals surface area contributed by atoms with Crippen LogP contribution in [-0.2, 0) is 11.3 Å². The number of pyridine rings is 1. The molecular formula is C21H26N2O2. The van der Waals surface area contributed by atoms with Crippen LogP contribution in [0.15, 0.2) is 42.7 Å². The van der Waals surface area contributed by atoms with Gasteiger partial charge < -0.3 is 9.30 Å². The lowest BCUT2D eigenvalue weighted by atomic mass is 9.97. The van der Waals surface area contributed by atoms with Crippen LogP contribution in [0, 0.1) is 0 Å². The fraction of sp³-hybridized carbons (Fsp3) is 0.333. The molecule has 1 aliphatic rings. The average Bonchev–Trinajstić information content (AvgIpc) is 3.09. The molecule has 4 rings (SSSR count). The van der Waals surface area contributed by atoms with Gasteiger partial charge in [-0.2, -0.15) is 0 Å². The Kier molecular flexibility index (Phi) is 6.34. The van der Waals surface area contributed by atoms with Crippen molar-refractivity contribution in [1.29, 1.82) is 0 Å². The third-order valence-corrected chi connectivity index (χ3v) is 3.88. The van der Waals surface area contributed by atoms with Crippen molar-refractivity contribution in [1.82, 2.24) is 9.55 Å². The van der Waals surface area contributed by atoms with Crippen LogP contribution in [0.2, 0.25) is 0 Å². The molecule has 0 spiro atoms. The molecule has 0 bridgehead atoms. The van der Waals surface area contributed by atoms with Crippen LogP contribution >= 0.6 is 0 Å². The Labute approximate surface area is 149 Å². The van der Waals surface area contributed by atoms with Crippen LogP contribution in [0.25, 0.3) is 22.0 Å². The topological polar surface area (TPSA) is 44.1 Å². The highest BCUT2D eigenvalue weighted by molar-refractivity contribution is 5.98. The summed E-state index contributed by atoms with van der Waals surface area (Å²) in [5.41, 5.74) is 4.84. The monoisotopic (exact) mass is 338 g/mol. The fourth-order valence-electron chi connectivity index (χ4n) is 2.95. The largest absolute Gasteiger partial charge is 0.462 e. The zero-order valence-electron chi connectivity index (χ0n) is 15.7. The Morgan fingerprint density at radius 3 is 2.64 bits per heavy atom. The summed E-state index contributed by atoms with van der Waals surface area (Å²) >= 11 is 0. The summed E-state index contributed by atoms with van der Waals surface area (Å²) in [6.07, 6.45) is 3.68. The Hall–Kier alpha value is -2.62. The van der Waals surface area contributed by atoms with Gasteiger partial charge in [0, 0.05) is 28.9 Å². The molecule has 0 amide bonds. The number of ether oxygens (including phenoxy) is 1. The normalized spacial score (nSPS) is 10.8. The van der Waals surface area contributed by atoms with Gasteiger partial charge in [0.15, 0.2) is 0 Å². The molecule has 25 heavy (non-hydrogen) atoms. The van der Waals surface area contributed by atoms with Gasteiger partial charge in [-0.25, -0.2) is 4.79 Å². The molecule has 132 valence electrons. The van der Waals surface area contributed by atoms with Crippen molar-refractivity contribution in [2.75, 3.05) is 6.61 Å². The minimum Gasteiger partial charge on any atom is -0.462 e. The molecule has 0 radical (unpaired) electrons. The third kappa shape index (κ3) is 3.43. The first-order valence-electron chi connectivity index (χ1n) is 9.02. The van der Waals surface area contributed by atoms with Gasteiger partial charge in [0.25, 0.3) is 0 Å². The molecule has 0 saturated carbocycles. The zero-order valence-corrected chi connectivity index (χ0v) is 15.7. The molecule has 0 unspecified atom stereocenters. The van der Waals surface area contributed by atoms with E-state index in [4.69, 9.17) is 4.74 Å². The lowest BCUT2D eigenvalue weighted by molar-refractivity contribution is 0.0526. The predicted octanol–water partition coefficient (Wildman–Crippen LogP) is 5.29. The molecule has 0 fully saturated rings. The highest BCUT2D eigenvalue weighted by atomic mass is 16.5. The molecular weight excluding hydrogens is 312 g/mol. The zero-order chi connectivity index (χ0) is 18.4. The quantitative estimate of drug-likeness (QED) is 0.466. The SMILES string of the molecule is CC.CC.CCOC(=O)c1cnc2c(c1)-c1cccc3ccn(c13)C2. The van der Waals surface area contributed by atoms with Crippen LogP contribution in [0.1, 0.15) is 50.7 Å². The van der Waals surface area contributed by atoms with Crippen LogP contribution < -0.4 is 0 Å². The molecule has 4 heteroatoms. The fourth-order valence-corrected chi connectivity index (χ4v) is 2.95. The summed E-state index contributed by atoms with van der Waals surface area (Å²) in [6.45, 7) is 10.9. The van der Waals surface area contributed by atoms with E-state index in [-0.39, 0.29) is 5.97 Å². The minimum absolute atomic E-state index is 0.319. The number of esters is 1. The Balaban J connectivity index is 0.000000528. The van der Waals surface area contributed by atoms with E-state index in [1.54, 1.807) is 13.1 Å². The second kappa shape index (κ2) is 8.47. The smallest absolute Gasteiger partial charge is 0.339 e. The van der Waals surface area contributed by atoms with E-state index in [9.17, 15) is 4.79 Å². The number of nitrogens with zero attached hydrogens (tertiary/aromatic N) is 2. The van der Waals surface area contributed by atoms with Gasteiger partial charge in [-0.1, -0.05) is 45.9 Å². The summed E-state index contributed by atoms with van der Waals surface area (Å²) in [6, 6.07) is 10.2.